The average molecular weight is 209 g/mol. The molecule has 78 valence electrons. The quantitative estimate of drug-likeness (QED) is 0.647. The van der Waals surface area contributed by atoms with Crippen molar-refractivity contribution in [2.24, 2.45) is 0 Å². The fraction of sp³-hybridized carbons (Fsp3) is 0. The highest BCUT2D eigenvalue weighted by Gasteiger charge is 2.02. The van der Waals surface area contributed by atoms with E-state index in [0.717, 1.165) is 22.3 Å². The number of hydrogen-bond donors (Lipinski definition) is 2. The maximum Gasteiger partial charge on any atom is 0.139 e. The van der Waals surface area contributed by atoms with E-state index >= 15 is 0 Å². The lowest BCUT2D eigenvalue weighted by Gasteiger charge is -1.99. The number of nitrogens with two attached hydrogens (primary N) is 1. The number of hydrogen-bond acceptors (Lipinski definition) is 2. The van der Waals surface area contributed by atoms with Crippen molar-refractivity contribution in [1.29, 1.82) is 0 Å². The third-order valence-corrected chi connectivity index (χ3v) is 2.57. The minimum atomic E-state index is 0.646. The van der Waals surface area contributed by atoms with Gasteiger partial charge in [0.05, 0.1) is 5.69 Å². The lowest BCUT2D eigenvalue weighted by molar-refractivity contribution is 1.33. The summed E-state index contributed by atoms with van der Waals surface area (Å²) in [4.78, 5) is 7.57. The molecule has 0 saturated carbocycles. The number of nitrogen functional groups attached to an aromatic ring is 1. The van der Waals surface area contributed by atoms with Gasteiger partial charge in [0.25, 0.3) is 0 Å². The topological polar surface area (TPSA) is 54.7 Å². The summed E-state index contributed by atoms with van der Waals surface area (Å²) in [6.07, 6.45) is 0. The highest BCUT2D eigenvalue weighted by atomic mass is 14.9. The number of aromatic amines is 1. The Morgan fingerprint density at radius 1 is 1.00 bits per heavy atom. The van der Waals surface area contributed by atoms with Crippen molar-refractivity contribution in [3.8, 4) is 11.3 Å². The molecule has 0 fully saturated rings. The first kappa shape index (κ1) is 8.97. The van der Waals surface area contributed by atoms with Gasteiger partial charge >= 0.3 is 0 Å². The Balaban J connectivity index is 2.18. The molecule has 0 bridgehead atoms. The number of fused-ring (bicyclic) bond motifs is 1. The Morgan fingerprint density at radius 2 is 1.81 bits per heavy atom. The molecule has 3 rings (SSSR count). The van der Waals surface area contributed by atoms with Gasteiger partial charge in [-0.05, 0) is 18.2 Å². The molecule has 0 aliphatic rings. The highest BCUT2D eigenvalue weighted by Crippen LogP contribution is 2.21. The van der Waals surface area contributed by atoms with E-state index < -0.39 is 0 Å². The molecule has 0 unspecified atom stereocenters. The first-order chi connectivity index (χ1) is 7.83. The summed E-state index contributed by atoms with van der Waals surface area (Å²) in [7, 11) is 0. The molecular weight excluding hydrogens is 198 g/mol. The van der Waals surface area contributed by atoms with E-state index in [1.165, 1.54) is 0 Å². The van der Waals surface area contributed by atoms with Gasteiger partial charge in [-0.3, -0.25) is 0 Å². The number of H-pyrrole nitrogens is 1. The Bertz CT molecular complexity index is 626. The van der Waals surface area contributed by atoms with E-state index in [1.807, 2.05) is 48.5 Å². The molecule has 1 aromatic carbocycles. The van der Waals surface area contributed by atoms with Gasteiger partial charge in [-0.25, -0.2) is 4.98 Å². The predicted octanol–water partition coefficient (Wildman–Crippen LogP) is 2.81. The second-order valence-electron chi connectivity index (χ2n) is 3.73. The van der Waals surface area contributed by atoms with Crippen LogP contribution in [0.3, 0.4) is 0 Å². The zero-order valence-electron chi connectivity index (χ0n) is 8.64. The molecule has 0 saturated heterocycles. The highest BCUT2D eigenvalue weighted by molar-refractivity contribution is 5.82. The maximum atomic E-state index is 5.68. The van der Waals surface area contributed by atoms with E-state index in [9.17, 15) is 0 Å². The first-order valence-electron chi connectivity index (χ1n) is 5.13. The number of benzene rings is 1. The smallest absolute Gasteiger partial charge is 0.139 e. The van der Waals surface area contributed by atoms with Crippen LogP contribution >= 0.6 is 0 Å². The second-order valence-corrected chi connectivity index (χ2v) is 3.73. The molecule has 3 heteroatoms. The van der Waals surface area contributed by atoms with Crippen LogP contribution in [0.4, 0.5) is 5.82 Å². The lowest BCUT2D eigenvalue weighted by Crippen LogP contribution is -1.85. The Kier molecular flexibility index (Phi) is 1.90. The SMILES string of the molecule is Nc1cc2ccc(-c3ccccc3)nc2[nH]1. The van der Waals surface area contributed by atoms with Crippen molar-refractivity contribution in [3.05, 3.63) is 48.5 Å². The molecule has 16 heavy (non-hydrogen) atoms. The minimum absolute atomic E-state index is 0.646. The normalized spacial score (nSPS) is 10.8. The van der Waals surface area contributed by atoms with Crippen molar-refractivity contribution >= 4 is 16.9 Å². The monoisotopic (exact) mass is 209 g/mol. The van der Waals surface area contributed by atoms with E-state index in [-0.39, 0.29) is 0 Å². The first-order valence-corrected chi connectivity index (χ1v) is 5.13. The van der Waals surface area contributed by atoms with Gasteiger partial charge in [-0.2, -0.15) is 0 Å². The van der Waals surface area contributed by atoms with Gasteiger partial charge in [0.1, 0.15) is 11.5 Å². The fourth-order valence-corrected chi connectivity index (χ4v) is 1.80. The van der Waals surface area contributed by atoms with Crippen LogP contribution < -0.4 is 5.73 Å². The van der Waals surface area contributed by atoms with Gasteiger partial charge in [0.15, 0.2) is 0 Å². The molecular formula is C13H11N3. The molecule has 0 aliphatic heterocycles. The molecule has 0 spiro atoms. The average Bonchev–Trinajstić information content (AvgIpc) is 2.69. The maximum absolute atomic E-state index is 5.68. The van der Waals surface area contributed by atoms with Crippen molar-refractivity contribution in [2.75, 3.05) is 5.73 Å². The van der Waals surface area contributed by atoms with Crippen LogP contribution in [0, 0.1) is 0 Å². The third-order valence-electron chi connectivity index (χ3n) is 2.57. The number of anilines is 1. The number of aromatic nitrogens is 2. The fourth-order valence-electron chi connectivity index (χ4n) is 1.80. The molecule has 3 N–H and O–H groups in total. The molecule has 0 atom stereocenters. The van der Waals surface area contributed by atoms with Crippen LogP contribution in [0.1, 0.15) is 0 Å². The largest absolute Gasteiger partial charge is 0.385 e. The number of rotatable bonds is 1. The predicted molar refractivity (Wildman–Crippen MR) is 65.9 cm³/mol. The van der Waals surface area contributed by atoms with Crippen LogP contribution in [-0.4, -0.2) is 9.97 Å². The van der Waals surface area contributed by atoms with Gasteiger partial charge in [0.2, 0.25) is 0 Å². The third kappa shape index (κ3) is 1.42. The van der Waals surface area contributed by atoms with Gasteiger partial charge < -0.3 is 10.7 Å². The summed E-state index contributed by atoms with van der Waals surface area (Å²) >= 11 is 0. The number of nitrogens with one attached hydrogen (secondary N) is 1. The van der Waals surface area contributed by atoms with E-state index in [0.29, 0.717) is 5.82 Å². The van der Waals surface area contributed by atoms with Crippen molar-refractivity contribution < 1.29 is 0 Å². The summed E-state index contributed by atoms with van der Waals surface area (Å²) < 4.78 is 0. The van der Waals surface area contributed by atoms with Crippen LogP contribution in [0.5, 0.6) is 0 Å². The van der Waals surface area contributed by atoms with Crippen molar-refractivity contribution in [1.82, 2.24) is 9.97 Å². The Hall–Kier alpha value is -2.29. The standard InChI is InChI=1S/C13H11N3/c14-12-8-10-6-7-11(15-13(10)16-12)9-4-2-1-3-5-9/h1-8H,14H2,(H,15,16). The molecule has 2 aromatic heterocycles. The number of nitrogens with zero attached hydrogens (tertiary/aromatic N) is 1. The zero-order chi connectivity index (χ0) is 11.0. The molecule has 0 radical (unpaired) electrons. The second kappa shape index (κ2) is 3.38. The molecule has 0 aliphatic carbocycles. The van der Waals surface area contributed by atoms with Crippen LogP contribution in [-0.2, 0) is 0 Å². The van der Waals surface area contributed by atoms with E-state index in [2.05, 4.69) is 9.97 Å². The summed E-state index contributed by atoms with van der Waals surface area (Å²) in [5.74, 6) is 0.646. The van der Waals surface area contributed by atoms with Crippen molar-refractivity contribution in [3.63, 3.8) is 0 Å². The van der Waals surface area contributed by atoms with E-state index in [1.54, 1.807) is 0 Å². The molecule has 3 aromatic rings. The zero-order valence-corrected chi connectivity index (χ0v) is 8.64. The molecule has 2 heterocycles. The summed E-state index contributed by atoms with van der Waals surface area (Å²) in [6, 6.07) is 16.0. The van der Waals surface area contributed by atoms with Crippen LogP contribution in [0.25, 0.3) is 22.3 Å². The molecule has 0 amide bonds. The van der Waals surface area contributed by atoms with Crippen LogP contribution in [0.15, 0.2) is 48.5 Å². The minimum Gasteiger partial charge on any atom is -0.385 e. The summed E-state index contributed by atoms with van der Waals surface area (Å²) in [6.45, 7) is 0. The summed E-state index contributed by atoms with van der Waals surface area (Å²) in [5, 5.41) is 1.04. The Labute approximate surface area is 92.9 Å². The lowest BCUT2D eigenvalue weighted by atomic mass is 10.1. The van der Waals surface area contributed by atoms with Crippen LogP contribution in [0.2, 0.25) is 0 Å². The van der Waals surface area contributed by atoms with Gasteiger partial charge in [-0.15, -0.1) is 0 Å². The van der Waals surface area contributed by atoms with Crippen molar-refractivity contribution in [2.45, 2.75) is 0 Å². The van der Waals surface area contributed by atoms with Gasteiger partial charge in [-0.1, -0.05) is 30.3 Å². The van der Waals surface area contributed by atoms with Gasteiger partial charge in [0, 0.05) is 10.9 Å². The summed E-state index contributed by atoms with van der Waals surface area (Å²) in [5.41, 5.74) is 8.58. The van der Waals surface area contributed by atoms with E-state index in [4.69, 9.17) is 5.73 Å². The molecule has 3 nitrogen and oxygen atoms in total. The Morgan fingerprint density at radius 3 is 2.62 bits per heavy atom. The number of pyridine rings is 1.